The smallest absolute Gasteiger partial charge is 0.256 e. The van der Waals surface area contributed by atoms with Crippen LogP contribution in [0.3, 0.4) is 0 Å². The molecule has 0 radical (unpaired) electrons. The summed E-state index contributed by atoms with van der Waals surface area (Å²) in [6.07, 6.45) is 0. The van der Waals surface area contributed by atoms with Gasteiger partial charge < -0.3 is 11.1 Å². The van der Waals surface area contributed by atoms with Crippen LogP contribution < -0.4 is 11.1 Å². The van der Waals surface area contributed by atoms with Gasteiger partial charge in [0.05, 0.1) is 15.7 Å². The van der Waals surface area contributed by atoms with E-state index in [0.29, 0.717) is 15.7 Å². The van der Waals surface area contributed by atoms with E-state index in [1.54, 1.807) is 30.0 Å². The Bertz CT molecular complexity index is 631. The molecule has 3 N–H and O–H groups in total. The third-order valence-corrected chi connectivity index (χ3v) is 4.55. The van der Waals surface area contributed by atoms with Crippen molar-refractivity contribution in [3.8, 4) is 0 Å². The maximum absolute atomic E-state index is 12.3. The number of carbonyl (C=O) groups is 1. The van der Waals surface area contributed by atoms with Gasteiger partial charge in [-0.25, -0.2) is 0 Å². The molecule has 104 valence electrons. The highest BCUT2D eigenvalue weighted by molar-refractivity contribution is 9.10. The standard InChI is InChI=1S/C15H15BrN2OS/c1-2-20-13-9-4-3-8-12(13)18-15(19)10-6-5-7-11(17)14(10)16/h3-9H,2,17H2,1H3,(H,18,19). The van der Waals surface area contributed by atoms with E-state index in [0.717, 1.165) is 16.3 Å². The Hall–Kier alpha value is -1.46. The highest BCUT2D eigenvalue weighted by atomic mass is 79.9. The number of amides is 1. The van der Waals surface area contributed by atoms with E-state index in [1.165, 1.54) is 0 Å². The van der Waals surface area contributed by atoms with Gasteiger partial charge in [-0.3, -0.25) is 4.79 Å². The van der Waals surface area contributed by atoms with Gasteiger partial charge in [0, 0.05) is 10.6 Å². The Labute approximate surface area is 131 Å². The molecular weight excluding hydrogens is 336 g/mol. The zero-order chi connectivity index (χ0) is 14.5. The first-order valence-corrected chi connectivity index (χ1v) is 7.98. The van der Waals surface area contributed by atoms with E-state index in [2.05, 4.69) is 28.2 Å². The van der Waals surface area contributed by atoms with Gasteiger partial charge in [-0.05, 0) is 45.9 Å². The molecule has 0 fully saturated rings. The lowest BCUT2D eigenvalue weighted by Crippen LogP contribution is -2.13. The molecule has 3 nitrogen and oxygen atoms in total. The molecule has 5 heteroatoms. The van der Waals surface area contributed by atoms with E-state index in [-0.39, 0.29) is 5.91 Å². The normalized spacial score (nSPS) is 10.3. The van der Waals surface area contributed by atoms with Crippen molar-refractivity contribution in [1.82, 2.24) is 0 Å². The van der Waals surface area contributed by atoms with Crippen LogP contribution in [0, 0.1) is 0 Å². The van der Waals surface area contributed by atoms with Crippen molar-refractivity contribution in [1.29, 1.82) is 0 Å². The Morgan fingerprint density at radius 2 is 2.00 bits per heavy atom. The predicted molar refractivity (Wildman–Crippen MR) is 89.3 cm³/mol. The van der Waals surface area contributed by atoms with Crippen LogP contribution in [-0.2, 0) is 0 Å². The molecule has 20 heavy (non-hydrogen) atoms. The lowest BCUT2D eigenvalue weighted by Gasteiger charge is -2.11. The molecule has 2 aromatic carbocycles. The number of anilines is 2. The first-order valence-electron chi connectivity index (χ1n) is 6.20. The number of nitrogens with one attached hydrogen (secondary N) is 1. The monoisotopic (exact) mass is 350 g/mol. The molecule has 0 saturated heterocycles. The molecule has 0 aliphatic heterocycles. The SMILES string of the molecule is CCSc1ccccc1NC(=O)c1cccc(N)c1Br. The van der Waals surface area contributed by atoms with E-state index in [4.69, 9.17) is 5.73 Å². The number of hydrogen-bond donors (Lipinski definition) is 2. The third kappa shape index (κ3) is 3.35. The summed E-state index contributed by atoms with van der Waals surface area (Å²) in [4.78, 5) is 13.4. The number of nitrogen functional groups attached to an aromatic ring is 1. The summed E-state index contributed by atoms with van der Waals surface area (Å²) in [6, 6.07) is 13.0. The molecule has 2 aromatic rings. The third-order valence-electron chi connectivity index (χ3n) is 2.71. The number of para-hydroxylation sites is 1. The number of thioether (sulfide) groups is 1. The molecule has 0 aromatic heterocycles. The molecule has 0 spiro atoms. The van der Waals surface area contributed by atoms with Crippen molar-refractivity contribution in [3.05, 3.63) is 52.5 Å². The first-order chi connectivity index (χ1) is 9.63. The Morgan fingerprint density at radius 3 is 2.75 bits per heavy atom. The fourth-order valence-corrected chi connectivity index (χ4v) is 2.97. The molecule has 0 unspecified atom stereocenters. The van der Waals surface area contributed by atoms with Gasteiger partial charge in [0.15, 0.2) is 0 Å². The van der Waals surface area contributed by atoms with Crippen LogP contribution in [0.2, 0.25) is 0 Å². The number of carbonyl (C=O) groups excluding carboxylic acids is 1. The van der Waals surface area contributed by atoms with Crippen LogP contribution in [0.1, 0.15) is 17.3 Å². The van der Waals surface area contributed by atoms with Gasteiger partial charge in [-0.1, -0.05) is 25.1 Å². The van der Waals surface area contributed by atoms with Crippen LogP contribution in [-0.4, -0.2) is 11.7 Å². The zero-order valence-electron chi connectivity index (χ0n) is 11.0. The van der Waals surface area contributed by atoms with Gasteiger partial charge in [0.2, 0.25) is 0 Å². The summed E-state index contributed by atoms with van der Waals surface area (Å²) in [7, 11) is 0. The van der Waals surface area contributed by atoms with E-state index in [1.807, 2.05) is 24.3 Å². The zero-order valence-corrected chi connectivity index (χ0v) is 13.4. The van der Waals surface area contributed by atoms with Crippen molar-refractivity contribution in [2.75, 3.05) is 16.8 Å². The maximum atomic E-state index is 12.3. The number of rotatable bonds is 4. The van der Waals surface area contributed by atoms with E-state index >= 15 is 0 Å². The van der Waals surface area contributed by atoms with E-state index < -0.39 is 0 Å². The second-order valence-corrected chi connectivity index (χ2v) is 6.19. The summed E-state index contributed by atoms with van der Waals surface area (Å²) < 4.78 is 0.623. The molecule has 0 aliphatic carbocycles. The van der Waals surface area contributed by atoms with Gasteiger partial charge in [-0.2, -0.15) is 0 Å². The van der Waals surface area contributed by atoms with Gasteiger partial charge in [0.25, 0.3) is 5.91 Å². The maximum Gasteiger partial charge on any atom is 0.256 e. The van der Waals surface area contributed by atoms with Crippen LogP contribution in [0.5, 0.6) is 0 Å². The topological polar surface area (TPSA) is 55.1 Å². The first kappa shape index (κ1) is 14.9. The van der Waals surface area contributed by atoms with Crippen LogP contribution >= 0.6 is 27.7 Å². The quantitative estimate of drug-likeness (QED) is 0.634. The largest absolute Gasteiger partial charge is 0.398 e. The Morgan fingerprint density at radius 1 is 1.25 bits per heavy atom. The van der Waals surface area contributed by atoms with Crippen LogP contribution in [0.25, 0.3) is 0 Å². The molecule has 0 bridgehead atoms. The average Bonchev–Trinajstić information content (AvgIpc) is 2.44. The van der Waals surface area contributed by atoms with Gasteiger partial charge in [-0.15, -0.1) is 11.8 Å². The number of benzene rings is 2. The molecule has 0 aliphatic rings. The van der Waals surface area contributed by atoms with Crippen LogP contribution in [0.15, 0.2) is 51.8 Å². The highest BCUT2D eigenvalue weighted by Crippen LogP contribution is 2.29. The Balaban J connectivity index is 2.26. The highest BCUT2D eigenvalue weighted by Gasteiger charge is 2.13. The summed E-state index contributed by atoms with van der Waals surface area (Å²) in [5, 5.41) is 2.93. The van der Waals surface area contributed by atoms with Gasteiger partial charge in [0.1, 0.15) is 0 Å². The summed E-state index contributed by atoms with van der Waals surface area (Å²) in [6.45, 7) is 2.08. The molecule has 1 amide bonds. The minimum Gasteiger partial charge on any atom is -0.398 e. The van der Waals surface area contributed by atoms with Crippen molar-refractivity contribution < 1.29 is 4.79 Å². The number of hydrogen-bond acceptors (Lipinski definition) is 3. The molecule has 2 rings (SSSR count). The number of nitrogens with two attached hydrogens (primary N) is 1. The second-order valence-electron chi connectivity index (χ2n) is 4.09. The lowest BCUT2D eigenvalue weighted by atomic mass is 10.2. The predicted octanol–water partition coefficient (Wildman–Crippen LogP) is 4.40. The average molecular weight is 351 g/mol. The van der Waals surface area contributed by atoms with E-state index in [9.17, 15) is 4.79 Å². The van der Waals surface area contributed by atoms with Crippen molar-refractivity contribution in [3.63, 3.8) is 0 Å². The molecular formula is C15H15BrN2OS. The fraction of sp³-hybridized carbons (Fsp3) is 0.133. The molecule has 0 atom stereocenters. The Kier molecular flexibility index (Phi) is 5.09. The van der Waals surface area contributed by atoms with Crippen molar-refractivity contribution >= 4 is 45.0 Å². The van der Waals surface area contributed by atoms with Gasteiger partial charge >= 0.3 is 0 Å². The minimum absolute atomic E-state index is 0.173. The minimum atomic E-state index is -0.173. The second kappa shape index (κ2) is 6.81. The summed E-state index contributed by atoms with van der Waals surface area (Å²) in [5.74, 6) is 0.780. The number of halogens is 1. The van der Waals surface area contributed by atoms with Crippen molar-refractivity contribution in [2.45, 2.75) is 11.8 Å². The van der Waals surface area contributed by atoms with Crippen molar-refractivity contribution in [2.24, 2.45) is 0 Å². The molecule has 0 heterocycles. The fourth-order valence-electron chi connectivity index (χ4n) is 1.77. The lowest BCUT2D eigenvalue weighted by molar-refractivity contribution is 0.102. The molecule has 0 saturated carbocycles. The summed E-state index contributed by atoms with van der Waals surface area (Å²) in [5.41, 5.74) is 7.70. The summed E-state index contributed by atoms with van der Waals surface area (Å²) >= 11 is 5.05. The van der Waals surface area contributed by atoms with Crippen LogP contribution in [0.4, 0.5) is 11.4 Å².